The summed E-state index contributed by atoms with van der Waals surface area (Å²) >= 11 is 0. The molecule has 2 rings (SSSR count). The van der Waals surface area contributed by atoms with E-state index < -0.39 is 0 Å². The summed E-state index contributed by atoms with van der Waals surface area (Å²) in [5.41, 5.74) is 3.78. The largest absolute Gasteiger partial charge is 1.00 e. The van der Waals surface area contributed by atoms with Crippen LogP contribution in [0.2, 0.25) is 0 Å². The number of hydrogen-bond acceptors (Lipinski definition) is 4. The van der Waals surface area contributed by atoms with Gasteiger partial charge in [0.05, 0.1) is 42.3 Å². The summed E-state index contributed by atoms with van der Waals surface area (Å²) in [6.07, 6.45) is 1.87. The Morgan fingerprint density at radius 1 is 0.658 bits per heavy atom. The Hall–Kier alpha value is -1.64. The molecule has 0 aliphatic rings. The van der Waals surface area contributed by atoms with Crippen LogP contribution in [0.15, 0.2) is 36.4 Å². The molecule has 0 saturated carbocycles. The van der Waals surface area contributed by atoms with E-state index in [0.29, 0.717) is 60.8 Å². The third-order valence-electron chi connectivity index (χ3n) is 5.63. The zero-order valence-corrected chi connectivity index (χ0v) is 27.8. The second kappa shape index (κ2) is 16.5. The van der Waals surface area contributed by atoms with Crippen LogP contribution >= 0.6 is 0 Å². The molecule has 10 heteroatoms. The lowest BCUT2D eigenvalue weighted by Crippen LogP contribution is -3.00. The molecule has 4 N–H and O–H groups in total. The highest BCUT2D eigenvalue weighted by molar-refractivity contribution is 5.77. The van der Waals surface area contributed by atoms with Crippen molar-refractivity contribution >= 4 is 11.8 Å². The van der Waals surface area contributed by atoms with Crippen LogP contribution in [-0.4, -0.2) is 86.4 Å². The SMILES string of the molecule is C[N+](C)(C)Cc1cc(CCC(=O)NCCNC(=O)CCc2ccc(O)c(C[N+](C)(C)C)c2)ccc1O.[I-].[I-]. The van der Waals surface area contributed by atoms with Gasteiger partial charge in [-0.1, -0.05) is 12.1 Å². The maximum absolute atomic E-state index is 12.2. The number of benzene rings is 2. The quantitative estimate of drug-likeness (QED) is 0.0964. The van der Waals surface area contributed by atoms with Crippen LogP contribution in [0.1, 0.15) is 35.1 Å². The summed E-state index contributed by atoms with van der Waals surface area (Å²) < 4.78 is 1.41. The summed E-state index contributed by atoms with van der Waals surface area (Å²) in [7, 11) is 12.4. The molecule has 2 aromatic carbocycles. The Balaban J connectivity index is 0.00000684. The number of quaternary nitrogens is 2. The third kappa shape index (κ3) is 14.5. The second-order valence-electron chi connectivity index (χ2n) is 11.5. The number of rotatable bonds is 13. The monoisotopic (exact) mass is 754 g/mol. The highest BCUT2D eigenvalue weighted by Crippen LogP contribution is 2.23. The minimum absolute atomic E-state index is 0. The first-order valence-electron chi connectivity index (χ1n) is 12.5. The van der Waals surface area contributed by atoms with Crippen LogP contribution in [0.4, 0.5) is 0 Å². The molecule has 2 amide bonds. The number of aromatic hydroxyl groups is 2. The van der Waals surface area contributed by atoms with Crippen molar-refractivity contribution in [2.24, 2.45) is 0 Å². The number of halogens is 2. The molecule has 0 aromatic heterocycles. The lowest BCUT2D eigenvalue weighted by atomic mass is 10.0. The molecule has 0 aliphatic carbocycles. The Morgan fingerprint density at radius 3 is 1.32 bits per heavy atom. The van der Waals surface area contributed by atoms with Gasteiger partial charge in [0.15, 0.2) is 0 Å². The van der Waals surface area contributed by atoms with Crippen LogP contribution in [0.5, 0.6) is 11.5 Å². The zero-order chi connectivity index (χ0) is 26.9. The second-order valence-corrected chi connectivity index (χ2v) is 11.5. The minimum Gasteiger partial charge on any atom is -1.00 e. The van der Waals surface area contributed by atoms with Gasteiger partial charge in [-0.2, -0.15) is 0 Å². The van der Waals surface area contributed by atoms with Crippen molar-refractivity contribution in [1.82, 2.24) is 10.6 Å². The van der Waals surface area contributed by atoms with E-state index in [-0.39, 0.29) is 71.3 Å². The summed E-state index contributed by atoms with van der Waals surface area (Å²) in [6.45, 7) is 2.16. The van der Waals surface area contributed by atoms with Crippen LogP contribution in [0.25, 0.3) is 0 Å². The van der Waals surface area contributed by atoms with Crippen molar-refractivity contribution in [3.05, 3.63) is 58.7 Å². The van der Waals surface area contributed by atoms with Crippen LogP contribution in [0.3, 0.4) is 0 Å². The normalized spacial score (nSPS) is 11.2. The average molecular weight is 754 g/mol. The van der Waals surface area contributed by atoms with Gasteiger partial charge in [-0.25, -0.2) is 0 Å². The minimum atomic E-state index is -0.0700. The van der Waals surface area contributed by atoms with E-state index in [2.05, 4.69) is 52.9 Å². The highest BCUT2D eigenvalue weighted by atomic mass is 127. The molecule has 2 aromatic rings. The van der Waals surface area contributed by atoms with Crippen molar-refractivity contribution in [1.29, 1.82) is 0 Å². The van der Waals surface area contributed by atoms with Crippen molar-refractivity contribution in [2.75, 3.05) is 55.4 Å². The van der Waals surface area contributed by atoms with E-state index in [1.54, 1.807) is 12.1 Å². The number of phenols is 2. The molecule has 0 saturated heterocycles. The van der Waals surface area contributed by atoms with Crippen molar-refractivity contribution in [2.45, 2.75) is 38.8 Å². The van der Waals surface area contributed by atoms with E-state index in [1.807, 2.05) is 24.3 Å². The van der Waals surface area contributed by atoms with Gasteiger partial charge in [-0.15, -0.1) is 0 Å². The predicted molar refractivity (Wildman–Crippen MR) is 142 cm³/mol. The smallest absolute Gasteiger partial charge is 0.220 e. The molecule has 0 heterocycles. The first-order chi connectivity index (χ1) is 16.7. The predicted octanol–water partition coefficient (Wildman–Crippen LogP) is -3.68. The molecule has 38 heavy (non-hydrogen) atoms. The maximum Gasteiger partial charge on any atom is 0.220 e. The van der Waals surface area contributed by atoms with E-state index in [1.165, 1.54) is 0 Å². The highest BCUT2D eigenvalue weighted by Gasteiger charge is 2.15. The van der Waals surface area contributed by atoms with Gasteiger partial charge in [0.25, 0.3) is 0 Å². The first kappa shape index (κ1) is 36.4. The summed E-state index contributed by atoms with van der Waals surface area (Å²) in [6, 6.07) is 11.0. The number of amides is 2. The molecular weight excluding hydrogens is 710 g/mol. The van der Waals surface area contributed by atoms with Gasteiger partial charge in [0, 0.05) is 37.1 Å². The Labute approximate surface area is 262 Å². The molecule has 0 bridgehead atoms. The molecule has 0 fully saturated rings. The summed E-state index contributed by atoms with van der Waals surface area (Å²) in [5.74, 6) is 0.419. The molecule has 8 nitrogen and oxygen atoms in total. The van der Waals surface area contributed by atoms with Crippen LogP contribution in [-0.2, 0) is 35.5 Å². The van der Waals surface area contributed by atoms with Crippen molar-refractivity contribution in [3.8, 4) is 11.5 Å². The Bertz CT molecular complexity index is 967. The first-order valence-corrected chi connectivity index (χ1v) is 12.5. The molecule has 0 aliphatic heterocycles. The lowest BCUT2D eigenvalue weighted by molar-refractivity contribution is -0.884. The number of carbonyl (C=O) groups is 2. The Morgan fingerprint density at radius 2 is 1.00 bits per heavy atom. The topological polar surface area (TPSA) is 98.7 Å². The fourth-order valence-corrected chi connectivity index (χ4v) is 3.96. The fraction of sp³-hybridized carbons (Fsp3) is 0.500. The van der Waals surface area contributed by atoms with E-state index in [9.17, 15) is 19.8 Å². The number of hydrogen-bond donors (Lipinski definition) is 4. The standard InChI is InChI=1S/C28H42N4O4.2HI/c1-31(2,3)19-23-17-21(7-11-25(23)33)9-13-27(35)29-15-16-30-28(36)14-10-22-8-12-26(34)24(18-22)20-32(4,5)6;;/h7-8,11-12,17-18H,9-10,13-16,19-20H2,1-6H3,(H2-2,29,30,33,34,35,36);2*1H. The number of phenolic OH excluding ortho intramolecular Hbond substituents is 2. The molecule has 0 radical (unpaired) electrons. The van der Waals surface area contributed by atoms with E-state index in [4.69, 9.17) is 0 Å². The van der Waals surface area contributed by atoms with Crippen molar-refractivity contribution < 1.29 is 76.7 Å². The number of nitrogens with one attached hydrogen (secondary N) is 2. The van der Waals surface area contributed by atoms with E-state index in [0.717, 1.165) is 22.3 Å². The lowest BCUT2D eigenvalue weighted by Gasteiger charge is -2.24. The summed E-state index contributed by atoms with van der Waals surface area (Å²) in [4.78, 5) is 24.4. The van der Waals surface area contributed by atoms with Crippen LogP contribution in [0, 0.1) is 0 Å². The zero-order valence-electron chi connectivity index (χ0n) is 23.5. The average Bonchev–Trinajstić information content (AvgIpc) is 2.76. The molecule has 214 valence electrons. The number of carbonyl (C=O) groups excluding carboxylic acids is 2. The summed E-state index contributed by atoms with van der Waals surface area (Å²) in [5, 5.41) is 25.9. The van der Waals surface area contributed by atoms with Gasteiger partial charge in [-0.3, -0.25) is 9.59 Å². The maximum atomic E-state index is 12.2. The van der Waals surface area contributed by atoms with Gasteiger partial charge < -0.3 is 77.8 Å². The van der Waals surface area contributed by atoms with Crippen molar-refractivity contribution in [3.63, 3.8) is 0 Å². The van der Waals surface area contributed by atoms with Crippen LogP contribution < -0.4 is 58.6 Å². The van der Waals surface area contributed by atoms with E-state index >= 15 is 0 Å². The molecule has 0 spiro atoms. The van der Waals surface area contributed by atoms with Gasteiger partial charge >= 0.3 is 0 Å². The number of nitrogens with zero attached hydrogens (tertiary/aromatic N) is 2. The fourth-order valence-electron chi connectivity index (χ4n) is 3.96. The molecule has 0 unspecified atom stereocenters. The molecular formula is C28H44I2N4O4. The van der Waals surface area contributed by atoms with Gasteiger partial charge in [0.1, 0.15) is 24.6 Å². The molecule has 0 atom stereocenters. The Kier molecular flexibility index (Phi) is 15.8. The number of aryl methyl sites for hydroxylation is 2. The third-order valence-corrected chi connectivity index (χ3v) is 5.63. The van der Waals surface area contributed by atoms with Gasteiger partial charge in [-0.05, 0) is 48.2 Å². The van der Waals surface area contributed by atoms with Gasteiger partial charge in [0.2, 0.25) is 11.8 Å².